The molecule has 0 saturated carbocycles. The van der Waals surface area contributed by atoms with Crippen LogP contribution in [-0.2, 0) is 14.9 Å². The van der Waals surface area contributed by atoms with Crippen LogP contribution in [-0.4, -0.2) is 25.0 Å². The van der Waals surface area contributed by atoms with Gasteiger partial charge in [0, 0.05) is 6.42 Å². The normalized spacial score (nSPS) is 11.2. The summed E-state index contributed by atoms with van der Waals surface area (Å²) < 4.78 is 28.0. The van der Waals surface area contributed by atoms with Crippen LogP contribution in [0.1, 0.15) is 12.8 Å². The van der Waals surface area contributed by atoms with E-state index in [1.54, 1.807) is 0 Å². The van der Waals surface area contributed by atoms with E-state index in [1.807, 2.05) is 0 Å². The van der Waals surface area contributed by atoms with Crippen molar-refractivity contribution >= 4 is 16.4 Å². The molecule has 0 aromatic heterocycles. The Morgan fingerprint density at radius 2 is 2.00 bits per heavy atom. The number of unbranched alkanes of at least 4 members (excludes halogenated alkanes) is 1. The molecule has 0 atom stereocenters. The van der Waals surface area contributed by atoms with Crippen molar-refractivity contribution in [3.63, 3.8) is 0 Å². The standard InChI is InChI=1S/C4H7O4S/c5-3-1-2-4-9(6,7)8/h1-2,4H2,(H,6,7,8). The molecule has 0 aromatic rings. The number of carbonyl (C=O) groups excluding carboxylic acids is 1. The lowest BCUT2D eigenvalue weighted by Gasteiger charge is -1.89. The third kappa shape index (κ3) is 7.58. The van der Waals surface area contributed by atoms with E-state index < -0.39 is 10.1 Å². The van der Waals surface area contributed by atoms with Crippen LogP contribution in [0, 0.1) is 0 Å². The van der Waals surface area contributed by atoms with E-state index in [0.29, 0.717) is 0 Å². The van der Waals surface area contributed by atoms with Crippen LogP contribution in [0.15, 0.2) is 0 Å². The summed E-state index contributed by atoms with van der Waals surface area (Å²) in [6, 6.07) is 0. The van der Waals surface area contributed by atoms with E-state index in [2.05, 4.69) is 0 Å². The van der Waals surface area contributed by atoms with Crippen LogP contribution >= 0.6 is 0 Å². The highest BCUT2D eigenvalue weighted by Crippen LogP contribution is 1.89. The summed E-state index contributed by atoms with van der Waals surface area (Å²) in [7, 11) is -3.88. The van der Waals surface area contributed by atoms with Gasteiger partial charge >= 0.3 is 0 Å². The van der Waals surface area contributed by atoms with Gasteiger partial charge in [0.25, 0.3) is 10.1 Å². The highest BCUT2D eigenvalue weighted by molar-refractivity contribution is 7.85. The van der Waals surface area contributed by atoms with E-state index in [0.717, 1.165) is 0 Å². The van der Waals surface area contributed by atoms with Gasteiger partial charge in [0.05, 0.1) is 5.75 Å². The Morgan fingerprint density at radius 3 is 2.33 bits per heavy atom. The minimum Gasteiger partial charge on any atom is -0.291 e. The maximum atomic E-state index is 9.93. The average molecular weight is 151 g/mol. The Morgan fingerprint density at radius 1 is 1.44 bits per heavy atom. The topological polar surface area (TPSA) is 71.4 Å². The lowest BCUT2D eigenvalue weighted by molar-refractivity contribution is 0.481. The zero-order valence-corrected chi connectivity index (χ0v) is 5.52. The van der Waals surface area contributed by atoms with Gasteiger partial charge in [-0.05, 0) is 6.42 Å². The molecule has 53 valence electrons. The Bertz CT molecular complexity index is 169. The summed E-state index contributed by atoms with van der Waals surface area (Å²) in [4.78, 5) is 9.49. The predicted molar refractivity (Wildman–Crippen MR) is 31.3 cm³/mol. The highest BCUT2D eigenvalue weighted by atomic mass is 32.2. The molecule has 4 nitrogen and oxygen atoms in total. The average Bonchev–Trinajstić information content (AvgIpc) is 1.63. The molecular weight excluding hydrogens is 144 g/mol. The zero-order valence-electron chi connectivity index (χ0n) is 4.70. The summed E-state index contributed by atoms with van der Waals surface area (Å²) in [5.41, 5.74) is 0. The van der Waals surface area contributed by atoms with E-state index in [1.165, 1.54) is 6.29 Å². The van der Waals surface area contributed by atoms with Crippen molar-refractivity contribution in [3.05, 3.63) is 0 Å². The molecular formula is C4H7O4S. The number of hydrogen-bond donors (Lipinski definition) is 1. The van der Waals surface area contributed by atoms with Gasteiger partial charge in [-0.2, -0.15) is 8.42 Å². The van der Waals surface area contributed by atoms with Gasteiger partial charge in [-0.15, -0.1) is 0 Å². The van der Waals surface area contributed by atoms with Crippen molar-refractivity contribution in [2.24, 2.45) is 0 Å². The third-order valence-electron chi connectivity index (χ3n) is 0.681. The molecule has 0 aliphatic rings. The molecule has 9 heavy (non-hydrogen) atoms. The van der Waals surface area contributed by atoms with Gasteiger partial charge in [-0.3, -0.25) is 9.35 Å². The molecule has 0 aliphatic carbocycles. The van der Waals surface area contributed by atoms with Crippen molar-refractivity contribution in [2.75, 3.05) is 5.75 Å². The summed E-state index contributed by atoms with van der Waals surface area (Å²) in [6.45, 7) is 0. The first-order chi connectivity index (χ1) is 4.06. The zero-order chi connectivity index (χ0) is 7.33. The number of hydrogen-bond acceptors (Lipinski definition) is 3. The van der Waals surface area contributed by atoms with Crippen LogP contribution in [0.2, 0.25) is 0 Å². The fourth-order valence-corrected chi connectivity index (χ4v) is 0.836. The summed E-state index contributed by atoms with van der Waals surface area (Å²) in [6.07, 6.45) is 1.71. The smallest absolute Gasteiger partial charge is 0.264 e. The van der Waals surface area contributed by atoms with Crippen molar-refractivity contribution in [1.29, 1.82) is 0 Å². The van der Waals surface area contributed by atoms with Crippen molar-refractivity contribution < 1.29 is 17.8 Å². The molecule has 0 bridgehead atoms. The lowest BCUT2D eigenvalue weighted by Crippen LogP contribution is -2.03. The van der Waals surface area contributed by atoms with Gasteiger partial charge in [0.2, 0.25) is 0 Å². The molecule has 0 fully saturated rings. The molecule has 0 aromatic carbocycles. The summed E-state index contributed by atoms with van der Waals surface area (Å²) in [5.74, 6) is -0.359. The van der Waals surface area contributed by atoms with Crippen molar-refractivity contribution in [3.8, 4) is 0 Å². The molecule has 0 heterocycles. The second kappa shape index (κ2) is 3.58. The second-order valence-electron chi connectivity index (χ2n) is 1.53. The van der Waals surface area contributed by atoms with Gasteiger partial charge in [-0.25, -0.2) is 0 Å². The molecule has 0 spiro atoms. The Balaban J connectivity index is 3.40. The lowest BCUT2D eigenvalue weighted by atomic mass is 10.4. The molecule has 0 unspecified atom stereocenters. The van der Waals surface area contributed by atoms with Gasteiger partial charge in [-0.1, -0.05) is 0 Å². The molecule has 5 heteroatoms. The molecule has 0 aliphatic heterocycles. The van der Waals surface area contributed by atoms with Gasteiger partial charge in [0.1, 0.15) is 0 Å². The van der Waals surface area contributed by atoms with Crippen molar-refractivity contribution in [2.45, 2.75) is 12.8 Å². The Hall–Kier alpha value is -0.420. The molecule has 0 amide bonds. The fraction of sp³-hybridized carbons (Fsp3) is 0.750. The van der Waals surface area contributed by atoms with Gasteiger partial charge < -0.3 is 0 Å². The number of rotatable bonds is 4. The van der Waals surface area contributed by atoms with E-state index >= 15 is 0 Å². The van der Waals surface area contributed by atoms with Crippen LogP contribution in [0.25, 0.3) is 0 Å². The second-order valence-corrected chi connectivity index (χ2v) is 3.11. The quantitative estimate of drug-likeness (QED) is 0.444. The van der Waals surface area contributed by atoms with E-state index in [4.69, 9.17) is 4.55 Å². The Kier molecular flexibility index (Phi) is 3.41. The van der Waals surface area contributed by atoms with Crippen LogP contribution in [0.5, 0.6) is 0 Å². The monoisotopic (exact) mass is 151 g/mol. The van der Waals surface area contributed by atoms with Crippen molar-refractivity contribution in [1.82, 2.24) is 0 Å². The first-order valence-corrected chi connectivity index (χ1v) is 3.97. The minimum atomic E-state index is -3.88. The minimum absolute atomic E-state index is 0.0553. The summed E-state index contributed by atoms with van der Waals surface area (Å²) in [5, 5.41) is 0. The highest BCUT2D eigenvalue weighted by Gasteiger charge is 2.01. The fourth-order valence-electron chi connectivity index (χ4n) is 0.327. The molecule has 0 saturated heterocycles. The van der Waals surface area contributed by atoms with Gasteiger partial charge in [0.15, 0.2) is 6.29 Å². The Labute approximate surface area is 53.6 Å². The largest absolute Gasteiger partial charge is 0.291 e. The van der Waals surface area contributed by atoms with Crippen LogP contribution in [0.3, 0.4) is 0 Å². The SMILES string of the molecule is O=[C]CCCS(=O)(=O)O. The predicted octanol–water partition coefficient (Wildman–Crippen LogP) is -0.236. The molecule has 0 rings (SSSR count). The maximum absolute atomic E-state index is 9.93. The molecule has 1 N–H and O–H groups in total. The first kappa shape index (κ1) is 8.58. The first-order valence-electron chi connectivity index (χ1n) is 2.36. The molecule has 1 radical (unpaired) electrons. The van der Waals surface area contributed by atoms with Crippen LogP contribution < -0.4 is 0 Å². The van der Waals surface area contributed by atoms with Crippen LogP contribution in [0.4, 0.5) is 0 Å². The maximum Gasteiger partial charge on any atom is 0.264 e. The summed E-state index contributed by atoms with van der Waals surface area (Å²) >= 11 is 0. The van der Waals surface area contributed by atoms with E-state index in [-0.39, 0.29) is 18.6 Å². The third-order valence-corrected chi connectivity index (χ3v) is 1.49. The van der Waals surface area contributed by atoms with E-state index in [9.17, 15) is 13.2 Å².